The first-order valence-corrected chi connectivity index (χ1v) is 10.4. The molecule has 2 aromatic carbocycles. The monoisotopic (exact) mass is 435 g/mol. The Kier molecular flexibility index (Phi) is 5.10. The molecular formula is C23H21N3O6. The molecule has 0 radical (unpaired) electrons. The molecule has 2 saturated heterocycles. The molecule has 0 saturated carbocycles. The van der Waals surface area contributed by atoms with Crippen molar-refractivity contribution in [3.63, 3.8) is 0 Å². The van der Waals surface area contributed by atoms with E-state index >= 15 is 0 Å². The SMILES string of the molecule is O=C1NCCOC1c1ccc(N2C[C@H](CN3C(=O)Cc4ccccc4C3=O)OC2=O)cc1. The Labute approximate surface area is 183 Å². The second-order valence-electron chi connectivity index (χ2n) is 7.89. The summed E-state index contributed by atoms with van der Waals surface area (Å²) in [6.07, 6.45) is -1.71. The van der Waals surface area contributed by atoms with E-state index in [-0.39, 0.29) is 37.2 Å². The minimum atomic E-state index is -0.671. The van der Waals surface area contributed by atoms with Crippen LogP contribution in [0, 0.1) is 0 Å². The molecule has 9 nitrogen and oxygen atoms in total. The Bertz CT molecular complexity index is 1100. The summed E-state index contributed by atoms with van der Waals surface area (Å²) < 4.78 is 11.0. The molecule has 0 aromatic heterocycles. The van der Waals surface area contributed by atoms with Gasteiger partial charge in [0, 0.05) is 17.8 Å². The lowest BCUT2D eigenvalue weighted by Crippen LogP contribution is -2.46. The van der Waals surface area contributed by atoms with Crippen LogP contribution in [-0.2, 0) is 25.5 Å². The molecular weight excluding hydrogens is 414 g/mol. The van der Waals surface area contributed by atoms with E-state index in [0.29, 0.717) is 35.5 Å². The van der Waals surface area contributed by atoms with Gasteiger partial charge in [-0.3, -0.25) is 24.2 Å². The summed E-state index contributed by atoms with van der Waals surface area (Å²) in [5.41, 5.74) is 2.50. The quantitative estimate of drug-likeness (QED) is 0.729. The molecule has 5 rings (SSSR count). The van der Waals surface area contributed by atoms with Crippen molar-refractivity contribution in [1.29, 1.82) is 0 Å². The molecule has 1 N–H and O–H groups in total. The molecule has 1 unspecified atom stereocenters. The van der Waals surface area contributed by atoms with Crippen molar-refractivity contribution in [3.8, 4) is 0 Å². The van der Waals surface area contributed by atoms with Gasteiger partial charge >= 0.3 is 6.09 Å². The number of benzene rings is 2. The number of nitrogens with zero attached hydrogens (tertiary/aromatic N) is 2. The van der Waals surface area contributed by atoms with Crippen molar-refractivity contribution < 1.29 is 28.7 Å². The highest BCUT2D eigenvalue weighted by Crippen LogP contribution is 2.27. The van der Waals surface area contributed by atoms with Crippen LogP contribution in [0.1, 0.15) is 27.6 Å². The van der Waals surface area contributed by atoms with Gasteiger partial charge in [0.1, 0.15) is 6.10 Å². The van der Waals surface area contributed by atoms with Crippen LogP contribution in [0.4, 0.5) is 10.5 Å². The molecule has 9 heteroatoms. The van der Waals surface area contributed by atoms with E-state index in [4.69, 9.17) is 9.47 Å². The van der Waals surface area contributed by atoms with Crippen LogP contribution < -0.4 is 10.2 Å². The topological polar surface area (TPSA) is 105 Å². The lowest BCUT2D eigenvalue weighted by Gasteiger charge is -2.28. The van der Waals surface area contributed by atoms with Gasteiger partial charge < -0.3 is 14.8 Å². The fraction of sp³-hybridized carbons (Fsp3) is 0.304. The van der Waals surface area contributed by atoms with Crippen molar-refractivity contribution in [3.05, 3.63) is 65.2 Å². The number of anilines is 1. The third-order valence-corrected chi connectivity index (χ3v) is 5.83. The minimum absolute atomic E-state index is 0.00239. The average molecular weight is 435 g/mol. The molecule has 0 aliphatic carbocycles. The van der Waals surface area contributed by atoms with Crippen molar-refractivity contribution in [2.75, 3.05) is 31.1 Å². The van der Waals surface area contributed by atoms with Crippen molar-refractivity contribution >= 4 is 29.5 Å². The molecule has 0 spiro atoms. The van der Waals surface area contributed by atoms with Crippen molar-refractivity contribution in [2.24, 2.45) is 0 Å². The highest BCUT2D eigenvalue weighted by atomic mass is 16.6. The van der Waals surface area contributed by atoms with Gasteiger partial charge in [-0.05, 0) is 29.3 Å². The molecule has 0 bridgehead atoms. The van der Waals surface area contributed by atoms with Gasteiger partial charge in [-0.1, -0.05) is 30.3 Å². The van der Waals surface area contributed by atoms with Crippen LogP contribution in [0.5, 0.6) is 0 Å². The summed E-state index contributed by atoms with van der Waals surface area (Å²) in [7, 11) is 0. The fourth-order valence-electron chi connectivity index (χ4n) is 4.21. The predicted octanol–water partition coefficient (Wildman–Crippen LogP) is 1.42. The van der Waals surface area contributed by atoms with Crippen molar-refractivity contribution in [2.45, 2.75) is 18.6 Å². The highest BCUT2D eigenvalue weighted by molar-refractivity contribution is 6.09. The highest BCUT2D eigenvalue weighted by Gasteiger charge is 2.38. The number of rotatable bonds is 4. The number of carbonyl (C=O) groups excluding carboxylic acids is 4. The van der Waals surface area contributed by atoms with E-state index in [9.17, 15) is 19.2 Å². The summed E-state index contributed by atoms with van der Waals surface area (Å²) in [6.45, 7) is 1.14. The lowest BCUT2D eigenvalue weighted by atomic mass is 9.98. The van der Waals surface area contributed by atoms with E-state index in [2.05, 4.69) is 5.32 Å². The van der Waals surface area contributed by atoms with Crippen LogP contribution in [0.25, 0.3) is 0 Å². The first-order chi connectivity index (χ1) is 15.5. The number of fused-ring (bicyclic) bond motifs is 1. The number of nitrogens with one attached hydrogen (secondary N) is 1. The zero-order valence-corrected chi connectivity index (χ0v) is 17.2. The molecule has 2 atom stereocenters. The number of ether oxygens (including phenoxy) is 2. The Hall–Kier alpha value is -3.72. The number of carbonyl (C=O) groups is 4. The number of cyclic esters (lactones) is 1. The van der Waals surface area contributed by atoms with Crippen LogP contribution >= 0.6 is 0 Å². The first-order valence-electron chi connectivity index (χ1n) is 10.4. The van der Waals surface area contributed by atoms with Gasteiger partial charge in [0.05, 0.1) is 26.1 Å². The van der Waals surface area contributed by atoms with Gasteiger partial charge in [-0.15, -0.1) is 0 Å². The van der Waals surface area contributed by atoms with Crippen LogP contribution in [0.3, 0.4) is 0 Å². The van der Waals surface area contributed by atoms with E-state index in [1.807, 2.05) is 0 Å². The Morgan fingerprint density at radius 3 is 2.56 bits per heavy atom. The van der Waals surface area contributed by atoms with Gasteiger partial charge in [0.2, 0.25) is 5.91 Å². The number of morpholine rings is 1. The van der Waals surface area contributed by atoms with E-state index in [1.54, 1.807) is 48.5 Å². The lowest BCUT2D eigenvalue weighted by molar-refractivity contribution is -0.138. The fourth-order valence-corrected chi connectivity index (χ4v) is 4.21. The molecule has 164 valence electrons. The van der Waals surface area contributed by atoms with E-state index in [0.717, 1.165) is 4.90 Å². The molecule has 3 aliphatic rings. The normalized spacial score (nSPS) is 23.1. The number of hydrogen-bond acceptors (Lipinski definition) is 6. The van der Waals surface area contributed by atoms with E-state index < -0.39 is 18.3 Å². The number of hydrogen-bond donors (Lipinski definition) is 1. The third kappa shape index (κ3) is 3.60. The zero-order valence-electron chi connectivity index (χ0n) is 17.2. The predicted molar refractivity (Wildman–Crippen MR) is 112 cm³/mol. The molecule has 32 heavy (non-hydrogen) atoms. The zero-order chi connectivity index (χ0) is 22.2. The standard InChI is InChI=1S/C23H21N3O6/c27-19-11-15-3-1-2-4-18(15)22(29)26(19)13-17-12-25(23(30)32-17)16-7-5-14(6-8-16)20-21(28)24-9-10-31-20/h1-8,17,20H,9-13H2,(H,24,28)/t17-,20?/m1/s1. The summed E-state index contributed by atoms with van der Waals surface area (Å²) in [6, 6.07) is 13.9. The smallest absolute Gasteiger partial charge is 0.414 e. The van der Waals surface area contributed by atoms with Gasteiger partial charge in [-0.2, -0.15) is 0 Å². The van der Waals surface area contributed by atoms with Crippen LogP contribution in [-0.4, -0.2) is 61.1 Å². The molecule has 3 aliphatic heterocycles. The minimum Gasteiger partial charge on any atom is -0.442 e. The molecule has 4 amide bonds. The van der Waals surface area contributed by atoms with Gasteiger partial charge in [-0.25, -0.2) is 4.79 Å². The summed E-state index contributed by atoms with van der Waals surface area (Å²) in [5, 5.41) is 2.76. The van der Waals surface area contributed by atoms with Gasteiger partial charge in [0.25, 0.3) is 11.8 Å². The Morgan fingerprint density at radius 2 is 1.78 bits per heavy atom. The maximum absolute atomic E-state index is 12.8. The van der Waals surface area contributed by atoms with Crippen LogP contribution in [0.15, 0.2) is 48.5 Å². The summed E-state index contributed by atoms with van der Waals surface area (Å²) in [4.78, 5) is 52.3. The molecule has 2 fully saturated rings. The largest absolute Gasteiger partial charge is 0.442 e. The first kappa shape index (κ1) is 20.2. The Balaban J connectivity index is 1.27. The molecule has 3 heterocycles. The average Bonchev–Trinajstić information content (AvgIpc) is 3.17. The van der Waals surface area contributed by atoms with Crippen molar-refractivity contribution in [1.82, 2.24) is 10.2 Å². The maximum atomic E-state index is 12.8. The second-order valence-corrected chi connectivity index (χ2v) is 7.89. The van der Waals surface area contributed by atoms with E-state index in [1.165, 1.54) is 4.90 Å². The van der Waals surface area contributed by atoms with Gasteiger partial charge in [0.15, 0.2) is 6.10 Å². The number of imide groups is 1. The second kappa shape index (κ2) is 8.08. The maximum Gasteiger partial charge on any atom is 0.414 e. The molecule has 2 aromatic rings. The Morgan fingerprint density at radius 1 is 1.00 bits per heavy atom. The third-order valence-electron chi connectivity index (χ3n) is 5.83. The summed E-state index contributed by atoms with van der Waals surface area (Å²) >= 11 is 0. The summed E-state index contributed by atoms with van der Waals surface area (Å²) in [5.74, 6) is -0.873. The van der Waals surface area contributed by atoms with Crippen LogP contribution in [0.2, 0.25) is 0 Å². The number of amides is 4.